The summed E-state index contributed by atoms with van der Waals surface area (Å²) in [6.45, 7) is 7.18. The van der Waals surface area contributed by atoms with E-state index < -0.39 is 11.7 Å². The fraction of sp³-hybridized carbons (Fsp3) is 0.591. The zero-order valence-electron chi connectivity index (χ0n) is 18.0. The quantitative estimate of drug-likeness (QED) is 0.625. The number of carbonyl (C=O) groups excluding carboxylic acids is 3. The highest BCUT2D eigenvalue weighted by atomic mass is 79.9. The van der Waals surface area contributed by atoms with Crippen LogP contribution in [0.25, 0.3) is 0 Å². The Labute approximate surface area is 187 Å². The van der Waals surface area contributed by atoms with E-state index in [1.54, 1.807) is 20.8 Å². The molecule has 1 aliphatic heterocycles. The molecule has 1 saturated heterocycles. The number of ether oxygens (including phenoxy) is 1. The first-order valence-corrected chi connectivity index (χ1v) is 11.2. The minimum absolute atomic E-state index is 0.109. The molecule has 1 aromatic rings. The van der Waals surface area contributed by atoms with Crippen molar-refractivity contribution in [2.75, 3.05) is 26.2 Å². The molecular formula is C22H32BrN3O4. The molecule has 0 spiro atoms. The van der Waals surface area contributed by atoms with Crippen LogP contribution in [0.1, 0.15) is 45.6 Å². The molecule has 1 aromatic carbocycles. The highest BCUT2D eigenvalue weighted by Gasteiger charge is 2.23. The van der Waals surface area contributed by atoms with Gasteiger partial charge in [-0.3, -0.25) is 9.59 Å². The molecule has 166 valence electrons. The molecule has 8 heteroatoms. The number of hydrogen-bond acceptors (Lipinski definition) is 4. The first-order chi connectivity index (χ1) is 14.1. The standard InChI is InChI=1S/C22H32BrN3O4/c1-22(2,3)30-21(29)25-15-19(27)24-14-17-9-11-26(12-10-17)20(28)8-7-16-5-4-6-18(23)13-16/h4-6,13,17H,7-12,14-15H2,1-3H3,(H,24,27)(H,25,29). The van der Waals surface area contributed by atoms with E-state index in [0.29, 0.717) is 32.0 Å². The Morgan fingerprint density at radius 2 is 1.87 bits per heavy atom. The van der Waals surface area contributed by atoms with E-state index in [1.165, 1.54) is 0 Å². The summed E-state index contributed by atoms with van der Waals surface area (Å²) in [5, 5.41) is 5.30. The molecule has 1 fully saturated rings. The van der Waals surface area contributed by atoms with Crippen LogP contribution in [-0.4, -0.2) is 54.6 Å². The number of carbonyl (C=O) groups is 3. The Kier molecular flexibility index (Phi) is 9.14. The minimum atomic E-state index is -0.604. The van der Waals surface area contributed by atoms with Crippen LogP contribution >= 0.6 is 15.9 Å². The maximum absolute atomic E-state index is 12.5. The monoisotopic (exact) mass is 481 g/mol. The lowest BCUT2D eigenvalue weighted by Gasteiger charge is -2.32. The summed E-state index contributed by atoms with van der Waals surface area (Å²) in [4.78, 5) is 37.9. The third-order valence-corrected chi connectivity index (χ3v) is 5.36. The third-order valence-electron chi connectivity index (χ3n) is 4.86. The lowest BCUT2D eigenvalue weighted by atomic mass is 9.96. The molecule has 7 nitrogen and oxygen atoms in total. The lowest BCUT2D eigenvalue weighted by Crippen LogP contribution is -2.44. The van der Waals surface area contributed by atoms with Crippen molar-refractivity contribution < 1.29 is 19.1 Å². The van der Waals surface area contributed by atoms with Gasteiger partial charge in [0.05, 0.1) is 6.54 Å². The molecule has 1 heterocycles. The molecular weight excluding hydrogens is 450 g/mol. The Balaban J connectivity index is 1.61. The van der Waals surface area contributed by atoms with Crippen molar-refractivity contribution in [1.29, 1.82) is 0 Å². The molecule has 0 unspecified atom stereocenters. The SMILES string of the molecule is CC(C)(C)OC(=O)NCC(=O)NCC1CCN(C(=O)CCc2cccc(Br)c2)CC1. The summed E-state index contributed by atoms with van der Waals surface area (Å²) in [6, 6.07) is 8.03. The molecule has 0 atom stereocenters. The minimum Gasteiger partial charge on any atom is -0.444 e. The third kappa shape index (κ3) is 9.15. The van der Waals surface area contributed by atoms with E-state index >= 15 is 0 Å². The number of nitrogens with zero attached hydrogens (tertiary/aromatic N) is 1. The first kappa shape index (κ1) is 24.2. The normalized spacial score (nSPS) is 14.9. The van der Waals surface area contributed by atoms with Crippen molar-refractivity contribution in [3.63, 3.8) is 0 Å². The van der Waals surface area contributed by atoms with Crippen LogP contribution in [-0.2, 0) is 20.7 Å². The van der Waals surface area contributed by atoms with Gasteiger partial charge in [-0.1, -0.05) is 28.1 Å². The molecule has 0 aromatic heterocycles. The van der Waals surface area contributed by atoms with Gasteiger partial charge in [-0.15, -0.1) is 0 Å². The molecule has 30 heavy (non-hydrogen) atoms. The molecule has 0 radical (unpaired) electrons. The number of alkyl carbamates (subject to hydrolysis) is 1. The Morgan fingerprint density at radius 3 is 2.50 bits per heavy atom. The number of likely N-dealkylation sites (tertiary alicyclic amines) is 1. The molecule has 0 bridgehead atoms. The van der Waals surface area contributed by atoms with Gasteiger partial charge >= 0.3 is 6.09 Å². The van der Waals surface area contributed by atoms with Gasteiger partial charge in [-0.25, -0.2) is 4.79 Å². The molecule has 0 saturated carbocycles. The second kappa shape index (κ2) is 11.3. The van der Waals surface area contributed by atoms with E-state index in [2.05, 4.69) is 26.6 Å². The number of rotatable bonds is 7. The first-order valence-electron chi connectivity index (χ1n) is 10.4. The molecule has 2 N–H and O–H groups in total. The molecule has 3 amide bonds. The van der Waals surface area contributed by atoms with E-state index in [4.69, 9.17) is 4.74 Å². The van der Waals surface area contributed by atoms with Crippen LogP contribution < -0.4 is 10.6 Å². The number of aryl methyl sites for hydroxylation is 1. The second-order valence-electron chi connectivity index (χ2n) is 8.61. The fourth-order valence-corrected chi connectivity index (χ4v) is 3.72. The Hall–Kier alpha value is -2.09. The maximum Gasteiger partial charge on any atom is 0.408 e. The van der Waals surface area contributed by atoms with Crippen LogP contribution in [0.2, 0.25) is 0 Å². The summed E-state index contributed by atoms with van der Waals surface area (Å²) in [7, 11) is 0. The number of benzene rings is 1. The van der Waals surface area contributed by atoms with Gasteiger partial charge in [0.15, 0.2) is 0 Å². The fourth-order valence-electron chi connectivity index (χ4n) is 3.28. The summed E-state index contributed by atoms with van der Waals surface area (Å²) in [5.74, 6) is 0.275. The number of halogens is 1. The van der Waals surface area contributed by atoms with Crippen molar-refractivity contribution in [2.24, 2.45) is 5.92 Å². The highest BCUT2D eigenvalue weighted by molar-refractivity contribution is 9.10. The predicted molar refractivity (Wildman–Crippen MR) is 119 cm³/mol. The zero-order valence-corrected chi connectivity index (χ0v) is 19.6. The Bertz CT molecular complexity index is 740. The predicted octanol–water partition coefficient (Wildman–Crippen LogP) is 3.26. The largest absolute Gasteiger partial charge is 0.444 e. The van der Waals surface area contributed by atoms with Crippen molar-refractivity contribution in [3.05, 3.63) is 34.3 Å². The average Bonchev–Trinajstić information content (AvgIpc) is 2.68. The van der Waals surface area contributed by atoms with E-state index in [9.17, 15) is 14.4 Å². The molecule has 2 rings (SSSR count). The smallest absolute Gasteiger partial charge is 0.408 e. The topological polar surface area (TPSA) is 87.7 Å². The van der Waals surface area contributed by atoms with Crippen molar-refractivity contribution in [1.82, 2.24) is 15.5 Å². The highest BCUT2D eigenvalue weighted by Crippen LogP contribution is 2.18. The summed E-state index contributed by atoms with van der Waals surface area (Å²) >= 11 is 3.45. The van der Waals surface area contributed by atoms with Crippen LogP contribution in [0.15, 0.2) is 28.7 Å². The van der Waals surface area contributed by atoms with Crippen molar-refractivity contribution in [3.8, 4) is 0 Å². The van der Waals surface area contributed by atoms with Crippen molar-refractivity contribution >= 4 is 33.8 Å². The summed E-state index contributed by atoms with van der Waals surface area (Å²) in [5.41, 5.74) is 0.555. The van der Waals surface area contributed by atoms with Crippen LogP contribution in [0.5, 0.6) is 0 Å². The molecule has 1 aliphatic rings. The van der Waals surface area contributed by atoms with E-state index in [0.717, 1.165) is 29.3 Å². The van der Waals surface area contributed by atoms with Gasteiger partial charge in [0, 0.05) is 30.5 Å². The van der Waals surface area contributed by atoms with E-state index in [1.807, 2.05) is 29.2 Å². The van der Waals surface area contributed by atoms with E-state index in [-0.39, 0.29) is 18.4 Å². The number of piperidine rings is 1. The summed E-state index contributed by atoms with van der Waals surface area (Å²) in [6.07, 6.45) is 2.37. The second-order valence-corrected chi connectivity index (χ2v) is 9.53. The number of nitrogens with one attached hydrogen (secondary N) is 2. The summed E-state index contributed by atoms with van der Waals surface area (Å²) < 4.78 is 6.13. The van der Waals surface area contributed by atoms with Crippen LogP contribution in [0.3, 0.4) is 0 Å². The van der Waals surface area contributed by atoms with Crippen LogP contribution in [0.4, 0.5) is 4.79 Å². The maximum atomic E-state index is 12.5. The lowest BCUT2D eigenvalue weighted by molar-refractivity contribution is -0.132. The van der Waals surface area contributed by atoms with Gasteiger partial charge in [0.1, 0.15) is 5.60 Å². The zero-order chi connectivity index (χ0) is 22.1. The molecule has 0 aliphatic carbocycles. The van der Waals surface area contributed by atoms with Crippen molar-refractivity contribution in [2.45, 2.75) is 52.1 Å². The van der Waals surface area contributed by atoms with Gasteiger partial charge < -0.3 is 20.3 Å². The number of hydrogen-bond donors (Lipinski definition) is 2. The van der Waals surface area contributed by atoms with Gasteiger partial charge in [0.25, 0.3) is 0 Å². The average molecular weight is 482 g/mol. The number of amides is 3. The van der Waals surface area contributed by atoms with Gasteiger partial charge in [-0.05, 0) is 63.6 Å². The van der Waals surface area contributed by atoms with Crippen LogP contribution in [0, 0.1) is 5.92 Å². The Morgan fingerprint density at radius 1 is 1.17 bits per heavy atom. The van der Waals surface area contributed by atoms with Gasteiger partial charge in [0.2, 0.25) is 11.8 Å². The van der Waals surface area contributed by atoms with Gasteiger partial charge in [-0.2, -0.15) is 0 Å².